The molecule has 1 aliphatic rings. The van der Waals surface area contributed by atoms with Gasteiger partial charge in [0, 0.05) is 23.7 Å². The Morgan fingerprint density at radius 3 is 2.66 bits per heavy atom. The number of amides is 1. The molecule has 1 fully saturated rings. The van der Waals surface area contributed by atoms with E-state index in [9.17, 15) is 14.7 Å². The molecule has 3 aromatic rings. The summed E-state index contributed by atoms with van der Waals surface area (Å²) >= 11 is 0. The lowest BCUT2D eigenvalue weighted by Gasteiger charge is -2.27. The fourth-order valence-corrected chi connectivity index (χ4v) is 4.16. The van der Waals surface area contributed by atoms with Crippen LogP contribution in [0.1, 0.15) is 67.1 Å². The number of fused-ring (bicyclic) bond motifs is 1. The van der Waals surface area contributed by atoms with Crippen LogP contribution in [0.5, 0.6) is 0 Å². The molecule has 2 aromatic heterocycles. The molecule has 1 aromatic carbocycles. The lowest BCUT2D eigenvalue weighted by Crippen LogP contribution is -2.23. The zero-order valence-electron chi connectivity index (χ0n) is 18.1. The summed E-state index contributed by atoms with van der Waals surface area (Å²) in [7, 11) is 0. The van der Waals surface area contributed by atoms with Gasteiger partial charge in [-0.2, -0.15) is 10.4 Å². The molecule has 2 N–H and O–H groups in total. The van der Waals surface area contributed by atoms with E-state index in [0.29, 0.717) is 16.9 Å². The summed E-state index contributed by atoms with van der Waals surface area (Å²) in [5.74, 6) is 0.242. The van der Waals surface area contributed by atoms with Gasteiger partial charge in [0.15, 0.2) is 0 Å². The van der Waals surface area contributed by atoms with E-state index in [-0.39, 0.29) is 23.4 Å². The highest BCUT2D eigenvalue weighted by Gasteiger charge is 2.27. The van der Waals surface area contributed by atoms with Crippen molar-refractivity contribution in [2.45, 2.75) is 51.2 Å². The highest BCUT2D eigenvalue weighted by molar-refractivity contribution is 6.08. The summed E-state index contributed by atoms with van der Waals surface area (Å²) in [4.78, 5) is 28.1. The molecule has 2 heterocycles. The molecule has 8 nitrogen and oxygen atoms in total. The molecule has 0 saturated heterocycles. The maximum Gasteiger partial charge on any atom is 0.258 e. The van der Waals surface area contributed by atoms with E-state index in [0.717, 1.165) is 42.9 Å². The molecule has 0 spiro atoms. The van der Waals surface area contributed by atoms with Crippen LogP contribution in [0.15, 0.2) is 36.7 Å². The fourth-order valence-electron chi connectivity index (χ4n) is 4.16. The van der Waals surface area contributed by atoms with Crippen LogP contribution in [0.4, 0.5) is 5.82 Å². The second-order valence-electron chi connectivity index (χ2n) is 8.82. The summed E-state index contributed by atoms with van der Waals surface area (Å²) in [6.07, 6.45) is 6.96. The highest BCUT2D eigenvalue weighted by atomic mass is 16.3. The number of nitriles is 1. The second-order valence-corrected chi connectivity index (χ2v) is 8.82. The standard InChI is InChI=1S/C24H25N5O3/c1-24(2,32)18-5-8-20-21(10-18)28-29(19-6-3-15(14-30)4-7-19)22(20)27-23(31)17-9-16(11-25)12-26-13-17/h5,8-10,12-15,19,32H,3-4,6-7H2,1-2H3,(H,27,31). The topological polar surface area (TPSA) is 121 Å². The number of carbonyl (C=O) groups is 2. The first-order valence-electron chi connectivity index (χ1n) is 10.7. The van der Waals surface area contributed by atoms with Crippen LogP contribution in [0.25, 0.3) is 10.9 Å². The maximum atomic E-state index is 13.0. The molecular weight excluding hydrogens is 406 g/mol. The van der Waals surface area contributed by atoms with Crippen molar-refractivity contribution in [2.75, 3.05) is 5.32 Å². The van der Waals surface area contributed by atoms with Gasteiger partial charge in [0.05, 0.1) is 28.3 Å². The van der Waals surface area contributed by atoms with Crippen molar-refractivity contribution in [1.29, 1.82) is 5.26 Å². The third-order valence-corrected chi connectivity index (χ3v) is 6.05. The van der Waals surface area contributed by atoms with Gasteiger partial charge < -0.3 is 15.2 Å². The first-order valence-corrected chi connectivity index (χ1v) is 10.7. The smallest absolute Gasteiger partial charge is 0.258 e. The Morgan fingerprint density at radius 2 is 2.00 bits per heavy atom. The summed E-state index contributed by atoms with van der Waals surface area (Å²) in [5.41, 5.74) is 0.956. The Hall–Kier alpha value is -3.57. The maximum absolute atomic E-state index is 13.0. The molecule has 4 rings (SSSR count). The first-order chi connectivity index (χ1) is 15.3. The predicted molar refractivity (Wildman–Crippen MR) is 119 cm³/mol. The van der Waals surface area contributed by atoms with Gasteiger partial charge in [0.2, 0.25) is 0 Å². The van der Waals surface area contributed by atoms with E-state index >= 15 is 0 Å². The van der Waals surface area contributed by atoms with Crippen LogP contribution >= 0.6 is 0 Å². The number of aromatic nitrogens is 3. The molecule has 32 heavy (non-hydrogen) atoms. The van der Waals surface area contributed by atoms with Crippen molar-refractivity contribution in [1.82, 2.24) is 14.8 Å². The fraction of sp³-hybridized carbons (Fsp3) is 0.375. The van der Waals surface area contributed by atoms with Crippen molar-refractivity contribution >= 4 is 28.9 Å². The van der Waals surface area contributed by atoms with Crippen molar-refractivity contribution in [3.8, 4) is 6.07 Å². The van der Waals surface area contributed by atoms with Crippen LogP contribution in [-0.4, -0.2) is 32.1 Å². The Labute approximate surface area is 185 Å². The average molecular weight is 431 g/mol. The highest BCUT2D eigenvalue weighted by Crippen LogP contribution is 2.37. The lowest BCUT2D eigenvalue weighted by molar-refractivity contribution is -0.112. The van der Waals surface area contributed by atoms with Gasteiger partial charge in [-0.1, -0.05) is 6.07 Å². The molecule has 0 atom stereocenters. The van der Waals surface area contributed by atoms with Gasteiger partial charge in [-0.3, -0.25) is 9.78 Å². The van der Waals surface area contributed by atoms with E-state index in [1.54, 1.807) is 13.8 Å². The number of aldehydes is 1. The molecular formula is C24H25N5O3. The van der Waals surface area contributed by atoms with Gasteiger partial charge >= 0.3 is 0 Å². The van der Waals surface area contributed by atoms with E-state index < -0.39 is 5.60 Å². The van der Waals surface area contributed by atoms with E-state index in [1.165, 1.54) is 18.5 Å². The average Bonchev–Trinajstić information content (AvgIpc) is 3.16. The van der Waals surface area contributed by atoms with Gasteiger partial charge in [-0.05, 0) is 63.3 Å². The van der Waals surface area contributed by atoms with Crippen LogP contribution in [-0.2, 0) is 10.4 Å². The third kappa shape index (κ3) is 4.25. The number of benzene rings is 1. The van der Waals surface area contributed by atoms with E-state index in [2.05, 4.69) is 10.3 Å². The summed E-state index contributed by atoms with van der Waals surface area (Å²) in [5, 5.41) is 28.0. The second kappa shape index (κ2) is 8.52. The Morgan fingerprint density at radius 1 is 1.25 bits per heavy atom. The molecule has 1 saturated carbocycles. The molecule has 0 unspecified atom stereocenters. The van der Waals surface area contributed by atoms with Crippen LogP contribution < -0.4 is 5.32 Å². The molecule has 1 amide bonds. The van der Waals surface area contributed by atoms with Gasteiger partial charge in [0.25, 0.3) is 5.91 Å². The number of hydrogen-bond acceptors (Lipinski definition) is 6. The molecule has 0 radical (unpaired) electrons. The number of pyridine rings is 1. The lowest BCUT2D eigenvalue weighted by atomic mass is 9.87. The summed E-state index contributed by atoms with van der Waals surface area (Å²) < 4.78 is 1.83. The number of aliphatic hydroxyl groups is 1. The van der Waals surface area contributed by atoms with Crippen molar-refractivity contribution in [3.63, 3.8) is 0 Å². The molecule has 164 valence electrons. The number of anilines is 1. The van der Waals surface area contributed by atoms with E-state index in [1.807, 2.05) is 29.0 Å². The number of nitrogens with one attached hydrogen (secondary N) is 1. The van der Waals surface area contributed by atoms with Crippen LogP contribution in [0.3, 0.4) is 0 Å². The number of hydrogen-bond donors (Lipinski definition) is 2. The van der Waals surface area contributed by atoms with E-state index in [4.69, 9.17) is 10.4 Å². The minimum absolute atomic E-state index is 0.0445. The van der Waals surface area contributed by atoms with Crippen LogP contribution in [0.2, 0.25) is 0 Å². The number of nitrogens with zero attached hydrogens (tertiary/aromatic N) is 4. The zero-order valence-corrected chi connectivity index (χ0v) is 18.1. The zero-order chi connectivity index (χ0) is 22.9. The van der Waals surface area contributed by atoms with Crippen molar-refractivity contribution in [2.24, 2.45) is 5.92 Å². The SMILES string of the molecule is CC(C)(O)c1ccc2c(NC(=O)c3cncc(C#N)c3)n(C3CCC(C=O)CC3)nc2c1. The summed E-state index contributed by atoms with van der Waals surface area (Å²) in [6, 6.07) is 9.03. The largest absolute Gasteiger partial charge is 0.386 e. The molecule has 0 bridgehead atoms. The Balaban J connectivity index is 1.75. The Kier molecular flexibility index (Phi) is 5.76. The quantitative estimate of drug-likeness (QED) is 0.594. The van der Waals surface area contributed by atoms with Gasteiger partial charge in [0.1, 0.15) is 18.2 Å². The van der Waals surface area contributed by atoms with Gasteiger partial charge in [-0.25, -0.2) is 4.68 Å². The van der Waals surface area contributed by atoms with Gasteiger partial charge in [-0.15, -0.1) is 0 Å². The molecule has 1 aliphatic carbocycles. The summed E-state index contributed by atoms with van der Waals surface area (Å²) in [6.45, 7) is 3.42. The normalized spacial score (nSPS) is 18.8. The minimum Gasteiger partial charge on any atom is -0.386 e. The number of carbonyl (C=O) groups excluding carboxylic acids is 2. The Bertz CT molecular complexity index is 1210. The predicted octanol–water partition coefficient (Wildman–Crippen LogP) is 3.71. The molecule has 8 heteroatoms. The van der Waals surface area contributed by atoms with Crippen molar-refractivity contribution in [3.05, 3.63) is 53.3 Å². The molecule has 0 aliphatic heterocycles. The van der Waals surface area contributed by atoms with Crippen molar-refractivity contribution < 1.29 is 14.7 Å². The minimum atomic E-state index is -1.02. The van der Waals surface area contributed by atoms with Crippen LogP contribution in [0, 0.1) is 17.2 Å². The monoisotopic (exact) mass is 431 g/mol. The number of rotatable bonds is 5. The third-order valence-electron chi connectivity index (χ3n) is 6.05. The first kappa shape index (κ1) is 21.7.